The van der Waals surface area contributed by atoms with Crippen molar-refractivity contribution in [3.8, 4) is 11.5 Å². The second-order valence-corrected chi connectivity index (χ2v) is 4.18. The number of hydrogen-bond acceptors (Lipinski definition) is 2. The third kappa shape index (κ3) is 3.26. The first-order valence-corrected chi connectivity index (χ1v) is 5.64. The summed E-state index contributed by atoms with van der Waals surface area (Å²) in [4.78, 5) is 0. The smallest absolute Gasteiger partial charge is 0.133 e. The molecule has 0 unspecified atom stereocenters. The average molecular weight is 267 g/mol. The lowest BCUT2D eigenvalue weighted by Gasteiger charge is -2.14. The van der Waals surface area contributed by atoms with Crippen molar-refractivity contribution < 1.29 is 17.9 Å². The van der Waals surface area contributed by atoms with Gasteiger partial charge in [-0.2, -0.15) is 0 Å². The van der Waals surface area contributed by atoms with E-state index >= 15 is 0 Å². The van der Waals surface area contributed by atoms with Crippen LogP contribution in [0.15, 0.2) is 36.4 Å². The monoisotopic (exact) mass is 267 g/mol. The van der Waals surface area contributed by atoms with Gasteiger partial charge in [-0.15, -0.1) is 0 Å². The van der Waals surface area contributed by atoms with E-state index in [9.17, 15) is 13.2 Å². The molecule has 0 aliphatic heterocycles. The Labute approximate surface area is 108 Å². The van der Waals surface area contributed by atoms with Gasteiger partial charge in [0.2, 0.25) is 0 Å². The number of halogens is 3. The lowest BCUT2D eigenvalue weighted by Crippen LogP contribution is -2.07. The molecule has 0 amide bonds. The second-order valence-electron chi connectivity index (χ2n) is 4.18. The summed E-state index contributed by atoms with van der Waals surface area (Å²) in [6.07, 6.45) is 0. The van der Waals surface area contributed by atoms with Crippen molar-refractivity contribution in [3.63, 3.8) is 0 Å². The van der Waals surface area contributed by atoms with Gasteiger partial charge in [0, 0.05) is 29.8 Å². The number of nitrogens with two attached hydrogens (primary N) is 1. The highest BCUT2D eigenvalue weighted by molar-refractivity contribution is 5.40. The molecule has 0 fully saturated rings. The lowest BCUT2D eigenvalue weighted by molar-refractivity contribution is 0.457. The van der Waals surface area contributed by atoms with Crippen molar-refractivity contribution in [3.05, 3.63) is 59.4 Å². The highest BCUT2D eigenvalue weighted by atomic mass is 19.1. The normalized spacial score (nSPS) is 12.3. The van der Waals surface area contributed by atoms with Gasteiger partial charge in [-0.25, -0.2) is 13.2 Å². The minimum Gasteiger partial charge on any atom is -0.457 e. The molecule has 0 aliphatic rings. The van der Waals surface area contributed by atoms with E-state index in [1.807, 2.05) is 0 Å². The molecule has 0 radical (unpaired) electrons. The zero-order valence-corrected chi connectivity index (χ0v) is 10.2. The number of ether oxygens (including phenoxy) is 1. The van der Waals surface area contributed by atoms with E-state index in [4.69, 9.17) is 10.5 Å². The fraction of sp³-hybridized carbons (Fsp3) is 0.143. The molecule has 0 aliphatic carbocycles. The molecule has 5 heteroatoms. The van der Waals surface area contributed by atoms with E-state index in [0.717, 1.165) is 18.2 Å². The van der Waals surface area contributed by atoms with Gasteiger partial charge in [-0.3, -0.25) is 0 Å². The average Bonchev–Trinajstić information content (AvgIpc) is 2.30. The first kappa shape index (κ1) is 13.4. The Morgan fingerprint density at radius 2 is 1.58 bits per heavy atom. The maximum absolute atomic E-state index is 13.1. The van der Waals surface area contributed by atoms with Crippen LogP contribution in [0, 0.1) is 17.5 Å². The van der Waals surface area contributed by atoms with Gasteiger partial charge in [0.05, 0.1) is 0 Å². The van der Waals surface area contributed by atoms with E-state index in [-0.39, 0.29) is 11.5 Å². The third-order valence-corrected chi connectivity index (χ3v) is 2.53. The van der Waals surface area contributed by atoms with Crippen LogP contribution >= 0.6 is 0 Å². The molecule has 0 aromatic heterocycles. The third-order valence-electron chi connectivity index (χ3n) is 2.53. The van der Waals surface area contributed by atoms with E-state index in [0.29, 0.717) is 5.56 Å². The molecule has 100 valence electrons. The Hall–Kier alpha value is -2.01. The highest BCUT2D eigenvalue weighted by Crippen LogP contribution is 2.30. The summed E-state index contributed by atoms with van der Waals surface area (Å²) in [6, 6.07) is 6.14. The van der Waals surface area contributed by atoms with Crippen LogP contribution in [-0.4, -0.2) is 0 Å². The Balaban J connectivity index is 2.37. The standard InChI is InChI=1S/C14H12F3NO/c1-8(18)13-7-9(15)2-3-14(13)19-12-5-10(16)4-11(17)6-12/h2-8H,18H2,1H3/t8-/m0/s1. The van der Waals surface area contributed by atoms with Gasteiger partial charge in [0.25, 0.3) is 0 Å². The summed E-state index contributed by atoms with van der Waals surface area (Å²) in [5, 5.41) is 0. The maximum atomic E-state index is 13.1. The minimum atomic E-state index is -0.751. The van der Waals surface area contributed by atoms with Gasteiger partial charge in [0.15, 0.2) is 0 Å². The number of rotatable bonds is 3. The fourth-order valence-electron chi connectivity index (χ4n) is 1.68. The molecule has 0 saturated heterocycles. The van der Waals surface area contributed by atoms with Crippen LogP contribution in [0.4, 0.5) is 13.2 Å². The predicted molar refractivity (Wildman–Crippen MR) is 65.4 cm³/mol. The van der Waals surface area contributed by atoms with E-state index in [1.54, 1.807) is 6.92 Å². The van der Waals surface area contributed by atoms with Crippen LogP contribution in [0.3, 0.4) is 0 Å². The molecule has 1 atom stereocenters. The molecule has 2 aromatic rings. The molecule has 2 aromatic carbocycles. The second kappa shape index (κ2) is 5.32. The molecule has 0 bridgehead atoms. The summed E-state index contributed by atoms with van der Waals surface area (Å²) in [7, 11) is 0. The molecule has 0 saturated carbocycles. The predicted octanol–water partition coefficient (Wildman–Crippen LogP) is 3.92. The molecule has 0 spiro atoms. The summed E-state index contributed by atoms with van der Waals surface area (Å²) in [6.45, 7) is 1.66. The molecule has 0 heterocycles. The van der Waals surface area contributed by atoms with Gasteiger partial charge in [-0.05, 0) is 25.1 Å². The summed E-state index contributed by atoms with van der Waals surface area (Å²) >= 11 is 0. The van der Waals surface area contributed by atoms with Gasteiger partial charge >= 0.3 is 0 Å². The van der Waals surface area contributed by atoms with E-state index in [1.165, 1.54) is 18.2 Å². The van der Waals surface area contributed by atoms with Crippen molar-refractivity contribution in [2.75, 3.05) is 0 Å². The summed E-state index contributed by atoms with van der Waals surface area (Å²) in [5.41, 5.74) is 6.12. The zero-order chi connectivity index (χ0) is 14.0. The van der Waals surface area contributed by atoms with Crippen molar-refractivity contribution in [1.29, 1.82) is 0 Å². The Bertz CT molecular complexity index is 579. The van der Waals surface area contributed by atoms with Gasteiger partial charge < -0.3 is 10.5 Å². The van der Waals surface area contributed by atoms with Crippen molar-refractivity contribution >= 4 is 0 Å². The molecule has 2 rings (SSSR count). The van der Waals surface area contributed by atoms with Crippen molar-refractivity contribution in [2.45, 2.75) is 13.0 Å². The van der Waals surface area contributed by atoms with Crippen LogP contribution in [0.2, 0.25) is 0 Å². The quantitative estimate of drug-likeness (QED) is 0.914. The Morgan fingerprint density at radius 3 is 2.16 bits per heavy atom. The van der Waals surface area contributed by atoms with Crippen LogP contribution in [0.25, 0.3) is 0 Å². The van der Waals surface area contributed by atoms with E-state index < -0.39 is 23.5 Å². The first-order valence-electron chi connectivity index (χ1n) is 5.64. The van der Waals surface area contributed by atoms with E-state index in [2.05, 4.69) is 0 Å². The maximum Gasteiger partial charge on any atom is 0.133 e. The van der Waals surface area contributed by atoms with Crippen LogP contribution in [0.5, 0.6) is 11.5 Å². The summed E-state index contributed by atoms with van der Waals surface area (Å²) < 4.78 is 44.6. The number of hydrogen-bond donors (Lipinski definition) is 1. The lowest BCUT2D eigenvalue weighted by atomic mass is 10.1. The summed E-state index contributed by atoms with van der Waals surface area (Å²) in [5.74, 6) is -1.70. The largest absolute Gasteiger partial charge is 0.457 e. The molecular formula is C14H12F3NO. The van der Waals surface area contributed by atoms with Crippen LogP contribution in [-0.2, 0) is 0 Å². The molecule has 2 nitrogen and oxygen atoms in total. The first-order chi connectivity index (χ1) is 8.95. The topological polar surface area (TPSA) is 35.2 Å². The van der Waals surface area contributed by atoms with Crippen molar-refractivity contribution in [2.24, 2.45) is 5.73 Å². The Kier molecular flexibility index (Phi) is 3.76. The van der Waals surface area contributed by atoms with Crippen LogP contribution in [0.1, 0.15) is 18.5 Å². The zero-order valence-electron chi connectivity index (χ0n) is 10.2. The fourth-order valence-corrected chi connectivity index (χ4v) is 1.68. The molecular weight excluding hydrogens is 255 g/mol. The van der Waals surface area contributed by atoms with Gasteiger partial charge in [-0.1, -0.05) is 0 Å². The highest BCUT2D eigenvalue weighted by Gasteiger charge is 2.11. The molecule has 19 heavy (non-hydrogen) atoms. The SMILES string of the molecule is C[C@H](N)c1cc(F)ccc1Oc1cc(F)cc(F)c1. The Morgan fingerprint density at radius 1 is 0.947 bits per heavy atom. The van der Waals surface area contributed by atoms with Crippen LogP contribution < -0.4 is 10.5 Å². The molecule has 2 N–H and O–H groups in total. The number of benzene rings is 2. The van der Waals surface area contributed by atoms with Crippen molar-refractivity contribution in [1.82, 2.24) is 0 Å². The van der Waals surface area contributed by atoms with Gasteiger partial charge in [0.1, 0.15) is 29.0 Å². The minimum absolute atomic E-state index is 0.00833.